The smallest absolute Gasteiger partial charge is 0.323 e. The van der Waals surface area contributed by atoms with E-state index in [1.165, 1.54) is 0 Å². The number of ether oxygens (including phenoxy) is 1. The van der Waals surface area contributed by atoms with Crippen LogP contribution in [0.4, 0.5) is 4.39 Å². The van der Waals surface area contributed by atoms with Gasteiger partial charge >= 0.3 is 5.97 Å². The first-order valence-corrected chi connectivity index (χ1v) is 6.63. The number of fused-ring (bicyclic) bond motifs is 1. The number of Topliss-reactive ketones (excluding diaryl/α,β-unsaturated/α-hetero) is 1. The molecule has 1 unspecified atom stereocenters. The topological polar surface area (TPSA) is 43.4 Å². The third-order valence-corrected chi connectivity index (χ3v) is 3.45. The molecule has 1 aliphatic rings. The molecule has 0 bridgehead atoms. The Labute approximate surface area is 118 Å². The highest BCUT2D eigenvalue weighted by atomic mass is 19.1. The molecule has 20 heavy (non-hydrogen) atoms. The fraction of sp³-hybridized carbons (Fsp3) is 0.500. The van der Waals surface area contributed by atoms with Gasteiger partial charge in [0.2, 0.25) is 0 Å². The van der Waals surface area contributed by atoms with Gasteiger partial charge < -0.3 is 4.74 Å². The van der Waals surface area contributed by atoms with E-state index < -0.39 is 29.4 Å². The van der Waals surface area contributed by atoms with E-state index in [2.05, 4.69) is 0 Å². The van der Waals surface area contributed by atoms with E-state index in [-0.39, 0.29) is 6.42 Å². The molecule has 0 amide bonds. The quantitative estimate of drug-likeness (QED) is 0.617. The van der Waals surface area contributed by atoms with Crippen molar-refractivity contribution >= 4 is 11.8 Å². The molecule has 0 aliphatic heterocycles. The molecule has 0 spiro atoms. The standard InChI is InChI=1S/C16H19FO3/c1-10-5-6-11-8-16(9-17,13(18)12(11)7-10)14(19)20-15(2,3)4/h5-7H,8-9H2,1-4H3. The normalized spacial score (nSPS) is 21.8. The predicted molar refractivity (Wildman–Crippen MR) is 73.5 cm³/mol. The van der Waals surface area contributed by atoms with Crippen molar-refractivity contribution < 1.29 is 18.7 Å². The second-order valence-electron chi connectivity index (χ2n) is 6.38. The number of ketones is 1. The molecule has 1 atom stereocenters. The van der Waals surface area contributed by atoms with Crippen LogP contribution in [-0.2, 0) is 16.0 Å². The van der Waals surface area contributed by atoms with E-state index in [4.69, 9.17) is 4.74 Å². The van der Waals surface area contributed by atoms with Crippen molar-refractivity contribution in [3.63, 3.8) is 0 Å². The van der Waals surface area contributed by atoms with Crippen LogP contribution >= 0.6 is 0 Å². The summed E-state index contributed by atoms with van der Waals surface area (Å²) in [5.74, 6) is -1.24. The fourth-order valence-corrected chi connectivity index (χ4v) is 2.42. The summed E-state index contributed by atoms with van der Waals surface area (Å²) in [5.41, 5.74) is -0.387. The Morgan fingerprint density at radius 3 is 2.60 bits per heavy atom. The molecule has 2 rings (SSSR count). The van der Waals surface area contributed by atoms with Crippen LogP contribution in [0.2, 0.25) is 0 Å². The summed E-state index contributed by atoms with van der Waals surface area (Å²) in [4.78, 5) is 24.8. The molecule has 1 aromatic rings. The lowest BCUT2D eigenvalue weighted by atomic mass is 9.85. The SMILES string of the molecule is Cc1ccc2c(c1)C(=O)C(CF)(C(=O)OC(C)(C)C)C2. The Kier molecular flexibility index (Phi) is 3.44. The van der Waals surface area contributed by atoms with Crippen molar-refractivity contribution in [1.82, 2.24) is 0 Å². The van der Waals surface area contributed by atoms with Gasteiger partial charge in [0, 0.05) is 5.56 Å². The molecule has 4 heteroatoms. The molecule has 0 radical (unpaired) electrons. The zero-order valence-corrected chi connectivity index (χ0v) is 12.2. The second kappa shape index (κ2) is 4.69. The number of hydrogen-bond donors (Lipinski definition) is 0. The summed E-state index contributed by atoms with van der Waals surface area (Å²) in [6.45, 7) is 5.93. The maximum absolute atomic E-state index is 13.6. The number of halogens is 1. The van der Waals surface area contributed by atoms with Crippen molar-refractivity contribution in [1.29, 1.82) is 0 Å². The number of rotatable bonds is 2. The molecule has 0 N–H and O–H groups in total. The predicted octanol–water partition coefficient (Wildman–Crippen LogP) is 3.03. The van der Waals surface area contributed by atoms with Crippen LogP contribution in [0.15, 0.2) is 18.2 Å². The summed E-state index contributed by atoms with van der Waals surface area (Å²) < 4.78 is 18.8. The first-order valence-electron chi connectivity index (χ1n) is 6.63. The molecule has 0 fully saturated rings. The largest absolute Gasteiger partial charge is 0.459 e. The van der Waals surface area contributed by atoms with Gasteiger partial charge in [-0.25, -0.2) is 4.39 Å². The van der Waals surface area contributed by atoms with Gasteiger partial charge in [0.05, 0.1) is 0 Å². The van der Waals surface area contributed by atoms with E-state index in [0.717, 1.165) is 5.56 Å². The Morgan fingerprint density at radius 1 is 1.40 bits per heavy atom. The van der Waals surface area contributed by atoms with E-state index in [0.29, 0.717) is 11.1 Å². The van der Waals surface area contributed by atoms with Crippen LogP contribution in [0, 0.1) is 12.3 Å². The van der Waals surface area contributed by atoms with Crippen molar-refractivity contribution in [2.24, 2.45) is 5.41 Å². The summed E-state index contributed by atoms with van der Waals surface area (Å²) >= 11 is 0. The number of alkyl halides is 1. The molecule has 1 aliphatic carbocycles. The molecule has 3 nitrogen and oxygen atoms in total. The zero-order chi connectivity index (χ0) is 15.1. The first kappa shape index (κ1) is 14.7. The van der Waals surface area contributed by atoms with E-state index in [9.17, 15) is 14.0 Å². The average Bonchev–Trinajstić information content (AvgIpc) is 2.62. The summed E-state index contributed by atoms with van der Waals surface area (Å²) in [6.07, 6.45) is 0.0763. The highest BCUT2D eigenvalue weighted by Crippen LogP contribution is 2.39. The molecule has 0 aromatic heterocycles. The van der Waals surface area contributed by atoms with Crippen LogP contribution in [0.5, 0.6) is 0 Å². The third-order valence-electron chi connectivity index (χ3n) is 3.45. The Hall–Kier alpha value is -1.71. The van der Waals surface area contributed by atoms with Crippen LogP contribution in [0.1, 0.15) is 42.3 Å². The number of benzene rings is 1. The van der Waals surface area contributed by atoms with Crippen molar-refractivity contribution in [3.8, 4) is 0 Å². The minimum absolute atomic E-state index is 0.0763. The average molecular weight is 278 g/mol. The fourth-order valence-electron chi connectivity index (χ4n) is 2.42. The maximum atomic E-state index is 13.6. The van der Waals surface area contributed by atoms with Crippen LogP contribution in [0.25, 0.3) is 0 Å². The number of carbonyl (C=O) groups is 2. The van der Waals surface area contributed by atoms with Crippen LogP contribution < -0.4 is 0 Å². The Balaban J connectivity index is 2.40. The van der Waals surface area contributed by atoms with Crippen molar-refractivity contribution in [2.75, 3.05) is 6.67 Å². The first-order chi connectivity index (χ1) is 9.19. The number of hydrogen-bond acceptors (Lipinski definition) is 3. The van der Waals surface area contributed by atoms with E-state index in [1.54, 1.807) is 32.9 Å². The van der Waals surface area contributed by atoms with Crippen molar-refractivity contribution in [2.45, 2.75) is 39.7 Å². The van der Waals surface area contributed by atoms with Gasteiger partial charge in [-0.3, -0.25) is 9.59 Å². The van der Waals surface area contributed by atoms with Gasteiger partial charge in [0.25, 0.3) is 0 Å². The van der Waals surface area contributed by atoms with Crippen LogP contribution in [-0.4, -0.2) is 24.0 Å². The molecule has 0 saturated heterocycles. The van der Waals surface area contributed by atoms with Gasteiger partial charge in [0.1, 0.15) is 12.3 Å². The number of esters is 1. The minimum Gasteiger partial charge on any atom is -0.459 e. The van der Waals surface area contributed by atoms with Gasteiger partial charge in [0.15, 0.2) is 11.2 Å². The molecule has 0 heterocycles. The minimum atomic E-state index is -1.70. The van der Waals surface area contributed by atoms with Gasteiger partial charge in [-0.2, -0.15) is 0 Å². The molecular weight excluding hydrogens is 259 g/mol. The van der Waals surface area contributed by atoms with E-state index in [1.807, 2.05) is 13.0 Å². The highest BCUT2D eigenvalue weighted by molar-refractivity contribution is 6.16. The van der Waals surface area contributed by atoms with Gasteiger partial charge in [-0.05, 0) is 45.7 Å². The second-order valence-corrected chi connectivity index (χ2v) is 6.38. The lowest BCUT2D eigenvalue weighted by Crippen LogP contribution is -2.43. The molecular formula is C16H19FO3. The van der Waals surface area contributed by atoms with Gasteiger partial charge in [-0.1, -0.05) is 17.7 Å². The maximum Gasteiger partial charge on any atom is 0.323 e. The Morgan fingerprint density at radius 2 is 2.05 bits per heavy atom. The zero-order valence-electron chi connectivity index (χ0n) is 12.2. The molecule has 1 aromatic carbocycles. The highest BCUT2D eigenvalue weighted by Gasteiger charge is 2.53. The third kappa shape index (κ3) is 2.35. The monoisotopic (exact) mass is 278 g/mol. The molecule has 0 saturated carbocycles. The summed E-state index contributed by atoms with van der Waals surface area (Å²) in [7, 11) is 0. The van der Waals surface area contributed by atoms with Gasteiger partial charge in [-0.15, -0.1) is 0 Å². The number of aryl methyl sites for hydroxylation is 1. The Bertz CT molecular complexity index is 572. The van der Waals surface area contributed by atoms with Crippen LogP contribution in [0.3, 0.4) is 0 Å². The lowest BCUT2D eigenvalue weighted by molar-refractivity contribution is -0.164. The summed E-state index contributed by atoms with van der Waals surface area (Å²) in [5, 5.41) is 0. The molecule has 108 valence electrons. The lowest BCUT2D eigenvalue weighted by Gasteiger charge is -2.27. The van der Waals surface area contributed by atoms with E-state index >= 15 is 0 Å². The summed E-state index contributed by atoms with van der Waals surface area (Å²) in [6, 6.07) is 5.35. The van der Waals surface area contributed by atoms with Crippen molar-refractivity contribution in [3.05, 3.63) is 34.9 Å². The number of carbonyl (C=O) groups excluding carboxylic acids is 2.